The third kappa shape index (κ3) is 3.77. The van der Waals surface area contributed by atoms with E-state index in [1.807, 2.05) is 24.3 Å². The number of pyridine rings is 1. The molecule has 0 aliphatic heterocycles. The van der Waals surface area contributed by atoms with Crippen LogP contribution in [0.4, 0.5) is 0 Å². The molecule has 0 aliphatic rings. The predicted molar refractivity (Wildman–Crippen MR) is 72.6 cm³/mol. The normalized spacial score (nSPS) is 10.9. The van der Waals surface area contributed by atoms with E-state index in [0.717, 1.165) is 23.6 Å². The summed E-state index contributed by atoms with van der Waals surface area (Å²) in [6.07, 6.45) is 3.30. The number of hydrogen-bond acceptors (Lipinski definition) is 3. The van der Waals surface area contributed by atoms with Crippen LogP contribution in [0, 0.1) is 5.92 Å². The first-order valence-corrected chi connectivity index (χ1v) is 6.43. The van der Waals surface area contributed by atoms with Crippen molar-refractivity contribution >= 4 is 11.6 Å². The summed E-state index contributed by atoms with van der Waals surface area (Å²) in [5.41, 5.74) is 1.95. The Kier molecular flexibility index (Phi) is 4.26. The van der Waals surface area contributed by atoms with Crippen LogP contribution in [-0.4, -0.2) is 15.0 Å². The average molecular weight is 262 g/mol. The van der Waals surface area contributed by atoms with E-state index in [1.54, 1.807) is 6.20 Å². The highest BCUT2D eigenvalue weighted by molar-refractivity contribution is 6.29. The van der Waals surface area contributed by atoms with Crippen LogP contribution in [0.5, 0.6) is 0 Å². The van der Waals surface area contributed by atoms with E-state index in [-0.39, 0.29) is 0 Å². The molecule has 2 aromatic heterocycles. The van der Waals surface area contributed by atoms with Crippen LogP contribution < -0.4 is 0 Å². The molecule has 2 heterocycles. The molecule has 0 atom stereocenters. The highest BCUT2D eigenvalue weighted by Gasteiger charge is 2.06. The van der Waals surface area contributed by atoms with Gasteiger partial charge in [0.25, 0.3) is 0 Å². The maximum Gasteiger partial charge on any atom is 0.136 e. The number of halogens is 1. The third-order valence-corrected chi connectivity index (χ3v) is 2.67. The summed E-state index contributed by atoms with van der Waals surface area (Å²) in [5, 5.41) is 0.506. The van der Waals surface area contributed by atoms with Crippen LogP contribution in [0.3, 0.4) is 0 Å². The van der Waals surface area contributed by atoms with Gasteiger partial charge < -0.3 is 0 Å². The number of hydrogen-bond donors (Lipinski definition) is 0. The van der Waals surface area contributed by atoms with Crippen molar-refractivity contribution in [3.63, 3.8) is 0 Å². The van der Waals surface area contributed by atoms with Crippen LogP contribution in [0.2, 0.25) is 5.15 Å². The zero-order chi connectivity index (χ0) is 13.0. The Balaban J connectivity index is 2.20. The van der Waals surface area contributed by atoms with Crippen LogP contribution in [0.1, 0.15) is 31.1 Å². The van der Waals surface area contributed by atoms with E-state index in [0.29, 0.717) is 17.5 Å². The summed E-state index contributed by atoms with van der Waals surface area (Å²) < 4.78 is 0. The Bertz CT molecular complexity index is 512. The Hall–Kier alpha value is -1.48. The molecule has 4 heteroatoms. The highest BCUT2D eigenvalue weighted by atomic mass is 35.5. The lowest BCUT2D eigenvalue weighted by Crippen LogP contribution is -2.04. The van der Waals surface area contributed by atoms with Gasteiger partial charge in [0.05, 0.1) is 6.42 Å². The third-order valence-electron chi connectivity index (χ3n) is 2.48. The summed E-state index contributed by atoms with van der Waals surface area (Å²) in [6.45, 7) is 4.32. The molecule has 2 rings (SSSR count). The lowest BCUT2D eigenvalue weighted by Gasteiger charge is -2.07. The van der Waals surface area contributed by atoms with Gasteiger partial charge in [0.2, 0.25) is 0 Å². The summed E-state index contributed by atoms with van der Waals surface area (Å²) >= 11 is 6.03. The average Bonchev–Trinajstić information content (AvgIpc) is 2.28. The molecule has 0 radical (unpaired) electrons. The van der Waals surface area contributed by atoms with Gasteiger partial charge in [0.15, 0.2) is 0 Å². The molecule has 0 bridgehead atoms. The Labute approximate surface area is 112 Å². The van der Waals surface area contributed by atoms with Crippen molar-refractivity contribution in [1.82, 2.24) is 15.0 Å². The lowest BCUT2D eigenvalue weighted by atomic mass is 10.1. The molecule has 2 aromatic rings. The molecule has 0 saturated heterocycles. The second-order valence-corrected chi connectivity index (χ2v) is 5.08. The van der Waals surface area contributed by atoms with Gasteiger partial charge in [-0.3, -0.25) is 4.98 Å². The molecule has 3 nitrogen and oxygen atoms in total. The molecule has 0 unspecified atom stereocenters. The standard InChI is InChI=1S/C14H16ClN3/c1-10(2)7-12-8-13(15)18-14(17-12)9-11-5-3-4-6-16-11/h3-6,8,10H,7,9H2,1-2H3. The quantitative estimate of drug-likeness (QED) is 0.793. The first-order valence-electron chi connectivity index (χ1n) is 6.05. The SMILES string of the molecule is CC(C)Cc1cc(Cl)nc(Cc2ccccn2)n1. The summed E-state index contributed by atoms with van der Waals surface area (Å²) in [5.74, 6) is 1.29. The number of rotatable bonds is 4. The fourth-order valence-electron chi connectivity index (χ4n) is 1.78. The van der Waals surface area contributed by atoms with Crippen molar-refractivity contribution < 1.29 is 0 Å². The van der Waals surface area contributed by atoms with Crippen LogP contribution in [0.15, 0.2) is 30.5 Å². The molecule has 0 aromatic carbocycles. The minimum atomic E-state index is 0.506. The second kappa shape index (κ2) is 5.91. The first kappa shape index (κ1) is 13.0. The topological polar surface area (TPSA) is 38.7 Å². The van der Waals surface area contributed by atoms with Crippen LogP contribution in [0.25, 0.3) is 0 Å². The molecular formula is C14H16ClN3. The number of nitrogens with zero attached hydrogens (tertiary/aromatic N) is 3. The van der Waals surface area contributed by atoms with Crippen molar-refractivity contribution in [3.05, 3.63) is 52.8 Å². The van der Waals surface area contributed by atoms with E-state index in [4.69, 9.17) is 11.6 Å². The summed E-state index contributed by atoms with van der Waals surface area (Å²) in [4.78, 5) is 13.1. The molecule has 0 spiro atoms. The molecule has 94 valence electrons. The number of aromatic nitrogens is 3. The molecule has 0 aliphatic carbocycles. The first-order chi connectivity index (χ1) is 8.63. The lowest BCUT2D eigenvalue weighted by molar-refractivity contribution is 0.631. The zero-order valence-corrected chi connectivity index (χ0v) is 11.4. The molecule has 0 N–H and O–H groups in total. The van der Waals surface area contributed by atoms with Crippen molar-refractivity contribution in [3.8, 4) is 0 Å². The maximum atomic E-state index is 6.03. The summed E-state index contributed by atoms with van der Waals surface area (Å²) in [7, 11) is 0. The molecular weight excluding hydrogens is 246 g/mol. The van der Waals surface area contributed by atoms with Gasteiger partial charge in [-0.05, 0) is 30.5 Å². The molecule has 18 heavy (non-hydrogen) atoms. The van der Waals surface area contributed by atoms with Crippen molar-refractivity contribution in [2.45, 2.75) is 26.7 Å². The second-order valence-electron chi connectivity index (χ2n) is 4.69. The zero-order valence-electron chi connectivity index (χ0n) is 10.6. The van der Waals surface area contributed by atoms with Gasteiger partial charge in [-0.25, -0.2) is 9.97 Å². The van der Waals surface area contributed by atoms with Crippen molar-refractivity contribution in [2.75, 3.05) is 0 Å². The molecule has 0 fully saturated rings. The van der Waals surface area contributed by atoms with Crippen LogP contribution >= 0.6 is 11.6 Å². The Morgan fingerprint density at radius 1 is 1.17 bits per heavy atom. The molecule has 0 amide bonds. The van der Waals surface area contributed by atoms with Gasteiger partial charge in [-0.15, -0.1) is 0 Å². The summed E-state index contributed by atoms with van der Waals surface area (Å²) in [6, 6.07) is 7.66. The van der Waals surface area contributed by atoms with Crippen LogP contribution in [-0.2, 0) is 12.8 Å². The minimum Gasteiger partial charge on any atom is -0.261 e. The van der Waals surface area contributed by atoms with E-state index in [2.05, 4.69) is 28.8 Å². The van der Waals surface area contributed by atoms with E-state index < -0.39 is 0 Å². The fourth-order valence-corrected chi connectivity index (χ4v) is 2.01. The largest absolute Gasteiger partial charge is 0.261 e. The Morgan fingerprint density at radius 3 is 2.67 bits per heavy atom. The van der Waals surface area contributed by atoms with E-state index >= 15 is 0 Å². The fraction of sp³-hybridized carbons (Fsp3) is 0.357. The van der Waals surface area contributed by atoms with Crippen molar-refractivity contribution in [1.29, 1.82) is 0 Å². The Morgan fingerprint density at radius 2 is 2.00 bits per heavy atom. The maximum absolute atomic E-state index is 6.03. The highest BCUT2D eigenvalue weighted by Crippen LogP contribution is 2.13. The minimum absolute atomic E-state index is 0.506. The van der Waals surface area contributed by atoms with Gasteiger partial charge in [0, 0.05) is 17.6 Å². The van der Waals surface area contributed by atoms with Gasteiger partial charge in [-0.1, -0.05) is 31.5 Å². The van der Waals surface area contributed by atoms with E-state index in [1.165, 1.54) is 0 Å². The van der Waals surface area contributed by atoms with Gasteiger partial charge in [-0.2, -0.15) is 0 Å². The monoisotopic (exact) mass is 261 g/mol. The predicted octanol–water partition coefficient (Wildman–Crippen LogP) is 3.31. The molecule has 0 saturated carbocycles. The van der Waals surface area contributed by atoms with E-state index in [9.17, 15) is 0 Å². The smallest absolute Gasteiger partial charge is 0.136 e. The van der Waals surface area contributed by atoms with Gasteiger partial charge >= 0.3 is 0 Å². The van der Waals surface area contributed by atoms with Gasteiger partial charge in [0.1, 0.15) is 11.0 Å². The van der Waals surface area contributed by atoms with Crippen molar-refractivity contribution in [2.24, 2.45) is 5.92 Å².